The van der Waals surface area contributed by atoms with Crippen LogP contribution in [0.25, 0.3) is 6.08 Å². The first-order valence-corrected chi connectivity index (χ1v) is 10.8. The maximum atomic E-state index is 13.1. The van der Waals surface area contributed by atoms with Crippen LogP contribution in [0.1, 0.15) is 11.1 Å². The monoisotopic (exact) mass is 471 g/mol. The van der Waals surface area contributed by atoms with Gasteiger partial charge in [0, 0.05) is 10.0 Å². The molecule has 0 aliphatic carbocycles. The molecule has 0 saturated heterocycles. The predicted molar refractivity (Wildman–Crippen MR) is 112 cm³/mol. The molecule has 3 rings (SSSR count). The fraction of sp³-hybridized carbons (Fsp3) is 0.0455. The average molecular weight is 472 g/mol. The molecule has 0 aliphatic rings. The number of nitrogens with zero attached hydrogens (tertiary/aromatic N) is 1. The maximum Gasteiger partial charge on any atom is 0.216 e. The highest BCUT2D eigenvalue weighted by atomic mass is 79.9. The van der Waals surface area contributed by atoms with Gasteiger partial charge >= 0.3 is 0 Å². The fourth-order valence-corrected chi connectivity index (χ4v) is 4.08. The fourth-order valence-electron chi connectivity index (χ4n) is 2.55. The standard InChI is InChI=1S/C22H15BrFNO3S/c23-18-6-11-22(28-15-16-4-2-1-3-5-16)17(12-18)13-21(14-25)29(26,27)20-9-7-19(24)8-10-20/h1-13H,15H2/b21-13-. The van der Waals surface area contributed by atoms with Crippen molar-refractivity contribution in [2.24, 2.45) is 0 Å². The van der Waals surface area contributed by atoms with E-state index in [9.17, 15) is 18.1 Å². The van der Waals surface area contributed by atoms with Crippen LogP contribution >= 0.6 is 15.9 Å². The Morgan fingerprint density at radius 1 is 1.07 bits per heavy atom. The lowest BCUT2D eigenvalue weighted by Crippen LogP contribution is -2.04. The van der Waals surface area contributed by atoms with Crippen LogP contribution in [0.2, 0.25) is 0 Å². The molecule has 0 bridgehead atoms. The second-order valence-corrected chi connectivity index (χ2v) is 8.87. The van der Waals surface area contributed by atoms with E-state index in [-0.39, 0.29) is 11.5 Å². The Morgan fingerprint density at radius 3 is 2.41 bits per heavy atom. The zero-order valence-electron chi connectivity index (χ0n) is 15.0. The van der Waals surface area contributed by atoms with E-state index in [1.165, 1.54) is 6.08 Å². The molecule has 0 fully saturated rings. The number of ether oxygens (including phenoxy) is 1. The van der Waals surface area contributed by atoms with Gasteiger partial charge in [-0.15, -0.1) is 0 Å². The molecule has 0 heterocycles. The van der Waals surface area contributed by atoms with Crippen molar-refractivity contribution < 1.29 is 17.5 Å². The van der Waals surface area contributed by atoms with Crippen molar-refractivity contribution in [2.75, 3.05) is 0 Å². The maximum absolute atomic E-state index is 13.1. The van der Waals surface area contributed by atoms with Gasteiger partial charge in [-0.1, -0.05) is 46.3 Å². The second kappa shape index (κ2) is 9.03. The summed E-state index contributed by atoms with van der Waals surface area (Å²) in [5, 5.41) is 9.48. The largest absolute Gasteiger partial charge is 0.488 e. The van der Waals surface area contributed by atoms with Crippen LogP contribution in [0, 0.1) is 17.1 Å². The van der Waals surface area contributed by atoms with E-state index in [1.807, 2.05) is 30.3 Å². The molecule has 0 radical (unpaired) electrons. The van der Waals surface area contributed by atoms with Crippen molar-refractivity contribution in [1.29, 1.82) is 5.26 Å². The Hall–Kier alpha value is -2.95. The van der Waals surface area contributed by atoms with Crippen molar-refractivity contribution in [3.05, 3.63) is 99.1 Å². The summed E-state index contributed by atoms with van der Waals surface area (Å²) in [5.74, 6) is -0.130. The molecular formula is C22H15BrFNO3S. The second-order valence-electron chi connectivity index (χ2n) is 6.03. The molecule has 0 unspecified atom stereocenters. The van der Waals surface area contributed by atoms with Gasteiger partial charge < -0.3 is 4.74 Å². The number of halogens is 2. The first kappa shape index (κ1) is 20.8. The van der Waals surface area contributed by atoms with Crippen LogP contribution in [0.15, 0.2) is 87.1 Å². The van der Waals surface area contributed by atoms with Gasteiger partial charge in [0.05, 0.1) is 4.90 Å². The van der Waals surface area contributed by atoms with E-state index in [4.69, 9.17) is 4.74 Å². The van der Waals surface area contributed by atoms with Crippen LogP contribution in [0.4, 0.5) is 4.39 Å². The molecule has 29 heavy (non-hydrogen) atoms. The molecule has 0 aliphatic heterocycles. The Balaban J connectivity index is 1.97. The summed E-state index contributed by atoms with van der Waals surface area (Å²) in [5.41, 5.74) is 1.38. The van der Waals surface area contributed by atoms with E-state index in [0.29, 0.717) is 15.8 Å². The Morgan fingerprint density at radius 2 is 1.76 bits per heavy atom. The third-order valence-electron chi connectivity index (χ3n) is 4.02. The predicted octanol–water partition coefficient (Wildman–Crippen LogP) is 5.51. The lowest BCUT2D eigenvalue weighted by atomic mass is 10.2. The Labute approximate surface area is 176 Å². The smallest absolute Gasteiger partial charge is 0.216 e. The minimum atomic E-state index is -4.10. The minimum Gasteiger partial charge on any atom is -0.488 e. The highest BCUT2D eigenvalue weighted by Crippen LogP contribution is 2.29. The molecule has 0 spiro atoms. The van der Waals surface area contributed by atoms with Gasteiger partial charge in [-0.3, -0.25) is 0 Å². The zero-order valence-corrected chi connectivity index (χ0v) is 17.5. The molecule has 0 atom stereocenters. The van der Waals surface area contributed by atoms with Crippen LogP contribution in [-0.2, 0) is 16.4 Å². The van der Waals surface area contributed by atoms with Gasteiger partial charge in [-0.05, 0) is 54.1 Å². The van der Waals surface area contributed by atoms with Crippen molar-refractivity contribution in [2.45, 2.75) is 11.5 Å². The molecular weight excluding hydrogens is 457 g/mol. The summed E-state index contributed by atoms with van der Waals surface area (Å²) in [4.78, 5) is -0.625. The number of benzene rings is 3. The minimum absolute atomic E-state index is 0.159. The summed E-state index contributed by atoms with van der Waals surface area (Å²) in [6.07, 6.45) is 1.25. The highest BCUT2D eigenvalue weighted by molar-refractivity contribution is 9.10. The molecule has 4 nitrogen and oxygen atoms in total. The first-order chi connectivity index (χ1) is 13.9. The van der Waals surface area contributed by atoms with Crippen LogP contribution < -0.4 is 4.74 Å². The Bertz CT molecular complexity index is 1180. The summed E-state index contributed by atoms with van der Waals surface area (Å²) in [7, 11) is -4.10. The molecule has 0 saturated carbocycles. The number of nitriles is 1. The SMILES string of the molecule is N#C/C(=C/c1cc(Br)ccc1OCc1ccccc1)S(=O)(=O)c1ccc(F)cc1. The third-order valence-corrected chi connectivity index (χ3v) is 6.19. The normalized spacial score (nSPS) is 11.7. The van der Waals surface area contributed by atoms with Gasteiger partial charge in [0.15, 0.2) is 0 Å². The molecule has 0 amide bonds. The van der Waals surface area contributed by atoms with E-state index >= 15 is 0 Å². The van der Waals surface area contributed by atoms with Crippen LogP contribution in [0.5, 0.6) is 5.75 Å². The Kier molecular flexibility index (Phi) is 6.47. The average Bonchev–Trinajstić information content (AvgIpc) is 2.72. The molecule has 3 aromatic rings. The molecule has 7 heteroatoms. The zero-order chi connectivity index (χ0) is 20.9. The summed E-state index contributed by atoms with van der Waals surface area (Å²) in [6, 6.07) is 20.7. The summed E-state index contributed by atoms with van der Waals surface area (Å²) >= 11 is 3.35. The molecule has 0 aromatic heterocycles. The van der Waals surface area contributed by atoms with E-state index in [2.05, 4.69) is 15.9 Å². The van der Waals surface area contributed by atoms with Crippen LogP contribution in [0.3, 0.4) is 0 Å². The summed E-state index contributed by atoms with van der Waals surface area (Å²) < 4.78 is 45.2. The van der Waals surface area contributed by atoms with E-state index in [1.54, 1.807) is 24.3 Å². The molecule has 3 aromatic carbocycles. The van der Waals surface area contributed by atoms with E-state index in [0.717, 1.165) is 29.8 Å². The van der Waals surface area contributed by atoms with Crippen molar-refractivity contribution in [3.63, 3.8) is 0 Å². The lowest BCUT2D eigenvalue weighted by molar-refractivity contribution is 0.305. The van der Waals surface area contributed by atoms with Crippen LogP contribution in [-0.4, -0.2) is 8.42 Å². The van der Waals surface area contributed by atoms with Gasteiger partial charge in [0.2, 0.25) is 9.84 Å². The van der Waals surface area contributed by atoms with Gasteiger partial charge in [0.1, 0.15) is 29.1 Å². The summed E-state index contributed by atoms with van der Waals surface area (Å²) in [6.45, 7) is 0.288. The number of hydrogen-bond donors (Lipinski definition) is 0. The third kappa shape index (κ3) is 5.11. The quantitative estimate of drug-likeness (QED) is 0.351. The topological polar surface area (TPSA) is 67.2 Å². The number of allylic oxidation sites excluding steroid dienone is 1. The van der Waals surface area contributed by atoms with Gasteiger partial charge in [0.25, 0.3) is 0 Å². The first-order valence-electron chi connectivity index (χ1n) is 8.49. The number of hydrogen-bond acceptors (Lipinski definition) is 4. The highest BCUT2D eigenvalue weighted by Gasteiger charge is 2.21. The van der Waals surface area contributed by atoms with E-state index < -0.39 is 20.6 Å². The number of sulfone groups is 1. The van der Waals surface area contributed by atoms with Gasteiger partial charge in [-0.2, -0.15) is 5.26 Å². The van der Waals surface area contributed by atoms with Crippen molar-refractivity contribution in [1.82, 2.24) is 0 Å². The van der Waals surface area contributed by atoms with Crippen molar-refractivity contribution >= 4 is 31.8 Å². The number of rotatable bonds is 6. The lowest BCUT2D eigenvalue weighted by Gasteiger charge is -2.11. The molecule has 146 valence electrons. The van der Waals surface area contributed by atoms with Crippen molar-refractivity contribution in [3.8, 4) is 11.8 Å². The van der Waals surface area contributed by atoms with Gasteiger partial charge in [-0.25, -0.2) is 12.8 Å². The molecule has 0 N–H and O–H groups in total.